The van der Waals surface area contributed by atoms with Crippen LogP contribution in [-0.2, 0) is 9.53 Å². The molecular formula is C13H23Cl2NO2. The second-order valence-electron chi connectivity index (χ2n) is 4.98. The lowest BCUT2D eigenvalue weighted by molar-refractivity contribution is -0.123. The fourth-order valence-corrected chi connectivity index (χ4v) is 2.86. The van der Waals surface area contributed by atoms with Crippen LogP contribution in [0.25, 0.3) is 0 Å². The van der Waals surface area contributed by atoms with Crippen molar-refractivity contribution in [2.24, 2.45) is 0 Å². The van der Waals surface area contributed by atoms with E-state index in [0.29, 0.717) is 18.2 Å². The van der Waals surface area contributed by atoms with Gasteiger partial charge in [-0.15, -0.1) is 23.2 Å². The smallest absolute Gasteiger partial charge is 0.220 e. The molecule has 1 aliphatic rings. The van der Waals surface area contributed by atoms with Gasteiger partial charge in [0.25, 0.3) is 0 Å². The van der Waals surface area contributed by atoms with E-state index >= 15 is 0 Å². The summed E-state index contributed by atoms with van der Waals surface area (Å²) in [6, 6.07) is 0. The molecule has 0 spiro atoms. The zero-order valence-corrected chi connectivity index (χ0v) is 12.5. The van der Waals surface area contributed by atoms with Gasteiger partial charge >= 0.3 is 0 Å². The summed E-state index contributed by atoms with van der Waals surface area (Å²) in [4.78, 5) is 11.9. The molecule has 1 N–H and O–H groups in total. The Labute approximate surface area is 120 Å². The minimum Gasteiger partial charge on any atom is -0.378 e. The highest BCUT2D eigenvalue weighted by atomic mass is 35.5. The first-order chi connectivity index (χ1) is 8.65. The van der Waals surface area contributed by atoms with Gasteiger partial charge in [-0.1, -0.05) is 6.92 Å². The summed E-state index contributed by atoms with van der Waals surface area (Å²) in [5.74, 6) is 0.712. The van der Waals surface area contributed by atoms with Crippen molar-refractivity contribution in [2.45, 2.75) is 57.1 Å². The first-order valence-corrected chi connectivity index (χ1v) is 7.77. The number of hydrogen-bond donors (Lipinski definition) is 1. The Kier molecular flexibility index (Phi) is 7.35. The average molecular weight is 296 g/mol. The number of carbonyl (C=O) groups is 1. The molecule has 18 heavy (non-hydrogen) atoms. The van der Waals surface area contributed by atoms with E-state index in [1.54, 1.807) is 0 Å². The standard InChI is InChI=1S/C13H23Cl2NO2/c1-2-13(9-14,10-15)16-12(17)7-6-11-5-3-4-8-18-11/h11H,2-10H2,1H3,(H,16,17). The number of nitrogens with one attached hydrogen (secondary N) is 1. The monoisotopic (exact) mass is 295 g/mol. The van der Waals surface area contributed by atoms with Crippen LogP contribution < -0.4 is 5.32 Å². The third-order valence-corrected chi connectivity index (χ3v) is 4.58. The molecule has 0 aliphatic carbocycles. The second kappa shape index (κ2) is 8.23. The Bertz CT molecular complexity index is 243. The molecular weight excluding hydrogens is 273 g/mol. The molecule has 1 rings (SSSR count). The first-order valence-electron chi connectivity index (χ1n) is 6.70. The minimum atomic E-state index is -0.465. The minimum absolute atomic E-state index is 0.0207. The molecule has 0 saturated carbocycles. The maximum absolute atomic E-state index is 11.9. The summed E-state index contributed by atoms with van der Waals surface area (Å²) < 4.78 is 5.61. The van der Waals surface area contributed by atoms with Gasteiger partial charge < -0.3 is 10.1 Å². The summed E-state index contributed by atoms with van der Waals surface area (Å²) in [5, 5.41) is 2.96. The Balaban J connectivity index is 2.31. The SMILES string of the molecule is CCC(CCl)(CCl)NC(=O)CCC1CCCCO1. The lowest BCUT2D eigenvalue weighted by Gasteiger charge is -2.30. The van der Waals surface area contributed by atoms with E-state index in [2.05, 4.69) is 5.32 Å². The zero-order valence-electron chi connectivity index (χ0n) is 11.0. The molecule has 1 aliphatic heterocycles. The molecule has 1 unspecified atom stereocenters. The van der Waals surface area contributed by atoms with Crippen molar-refractivity contribution in [1.29, 1.82) is 0 Å². The largest absolute Gasteiger partial charge is 0.378 e. The molecule has 5 heteroatoms. The van der Waals surface area contributed by atoms with Crippen molar-refractivity contribution < 1.29 is 9.53 Å². The fraction of sp³-hybridized carbons (Fsp3) is 0.923. The zero-order chi connectivity index (χ0) is 13.4. The van der Waals surface area contributed by atoms with Crippen LogP contribution in [0.15, 0.2) is 0 Å². The van der Waals surface area contributed by atoms with E-state index in [1.807, 2.05) is 6.92 Å². The Morgan fingerprint density at radius 1 is 1.39 bits per heavy atom. The quantitative estimate of drug-likeness (QED) is 0.733. The van der Waals surface area contributed by atoms with Crippen LogP contribution in [0.3, 0.4) is 0 Å². The van der Waals surface area contributed by atoms with Gasteiger partial charge in [0.05, 0.1) is 11.6 Å². The van der Waals surface area contributed by atoms with E-state index in [-0.39, 0.29) is 12.0 Å². The molecule has 0 aromatic heterocycles. The van der Waals surface area contributed by atoms with Crippen molar-refractivity contribution in [3.05, 3.63) is 0 Å². The van der Waals surface area contributed by atoms with Gasteiger partial charge in [-0.05, 0) is 32.1 Å². The van der Waals surface area contributed by atoms with Gasteiger partial charge in [0.15, 0.2) is 0 Å². The molecule has 1 saturated heterocycles. The third-order valence-electron chi connectivity index (χ3n) is 3.56. The molecule has 1 heterocycles. The van der Waals surface area contributed by atoms with E-state index in [9.17, 15) is 4.79 Å². The number of alkyl halides is 2. The van der Waals surface area contributed by atoms with Gasteiger partial charge in [-0.25, -0.2) is 0 Å². The summed E-state index contributed by atoms with van der Waals surface area (Å²) in [6.45, 7) is 2.81. The maximum Gasteiger partial charge on any atom is 0.220 e. The van der Waals surface area contributed by atoms with Crippen LogP contribution in [0.2, 0.25) is 0 Å². The number of ether oxygens (including phenoxy) is 1. The van der Waals surface area contributed by atoms with Crippen molar-refractivity contribution in [3.8, 4) is 0 Å². The summed E-state index contributed by atoms with van der Waals surface area (Å²) >= 11 is 11.8. The van der Waals surface area contributed by atoms with Crippen LogP contribution in [-0.4, -0.2) is 35.9 Å². The molecule has 3 nitrogen and oxygen atoms in total. The van der Waals surface area contributed by atoms with Crippen molar-refractivity contribution in [3.63, 3.8) is 0 Å². The van der Waals surface area contributed by atoms with Crippen molar-refractivity contribution in [1.82, 2.24) is 5.32 Å². The number of carbonyl (C=O) groups excluding carboxylic acids is 1. The van der Waals surface area contributed by atoms with Gasteiger partial charge in [-0.3, -0.25) is 4.79 Å². The maximum atomic E-state index is 11.9. The number of rotatable bonds is 7. The van der Waals surface area contributed by atoms with Crippen LogP contribution in [0.1, 0.15) is 45.4 Å². The lowest BCUT2D eigenvalue weighted by Crippen LogP contribution is -2.51. The third kappa shape index (κ3) is 4.94. The Morgan fingerprint density at radius 2 is 2.11 bits per heavy atom. The highest BCUT2D eigenvalue weighted by Crippen LogP contribution is 2.18. The highest BCUT2D eigenvalue weighted by Gasteiger charge is 2.28. The predicted molar refractivity (Wildman–Crippen MR) is 75.4 cm³/mol. The predicted octanol–water partition coefficient (Wildman–Crippen LogP) is 3.08. The van der Waals surface area contributed by atoms with Crippen molar-refractivity contribution in [2.75, 3.05) is 18.4 Å². The second-order valence-corrected chi connectivity index (χ2v) is 5.51. The number of halogens is 2. The van der Waals surface area contributed by atoms with Crippen LogP contribution in [0.4, 0.5) is 0 Å². The molecule has 1 fully saturated rings. The lowest BCUT2D eigenvalue weighted by atomic mass is 10.00. The molecule has 0 aromatic rings. The van der Waals surface area contributed by atoms with E-state index in [1.165, 1.54) is 6.42 Å². The summed E-state index contributed by atoms with van der Waals surface area (Å²) in [6.07, 6.45) is 5.67. The molecule has 0 aromatic carbocycles. The van der Waals surface area contributed by atoms with E-state index < -0.39 is 5.54 Å². The van der Waals surface area contributed by atoms with Gasteiger partial charge in [0, 0.05) is 24.8 Å². The van der Waals surface area contributed by atoms with E-state index in [0.717, 1.165) is 32.3 Å². The van der Waals surface area contributed by atoms with Crippen molar-refractivity contribution >= 4 is 29.1 Å². The topological polar surface area (TPSA) is 38.3 Å². The Hall–Kier alpha value is 0.01000. The number of hydrogen-bond acceptors (Lipinski definition) is 2. The Morgan fingerprint density at radius 3 is 2.61 bits per heavy atom. The van der Waals surface area contributed by atoms with Crippen LogP contribution in [0, 0.1) is 0 Å². The van der Waals surface area contributed by atoms with Gasteiger partial charge in [0.1, 0.15) is 0 Å². The molecule has 1 amide bonds. The molecule has 0 radical (unpaired) electrons. The van der Waals surface area contributed by atoms with Crippen LogP contribution >= 0.6 is 23.2 Å². The van der Waals surface area contributed by atoms with Gasteiger partial charge in [-0.2, -0.15) is 0 Å². The highest BCUT2D eigenvalue weighted by molar-refractivity contribution is 6.22. The first kappa shape index (κ1) is 16.1. The summed E-state index contributed by atoms with van der Waals surface area (Å²) in [5.41, 5.74) is -0.465. The average Bonchev–Trinajstić information content (AvgIpc) is 2.44. The van der Waals surface area contributed by atoms with Crippen LogP contribution in [0.5, 0.6) is 0 Å². The molecule has 1 atom stereocenters. The van der Waals surface area contributed by atoms with Gasteiger partial charge in [0.2, 0.25) is 5.91 Å². The summed E-state index contributed by atoms with van der Waals surface area (Å²) in [7, 11) is 0. The molecule has 106 valence electrons. The normalized spacial score (nSPS) is 20.7. The fourth-order valence-electron chi connectivity index (χ4n) is 2.07. The van der Waals surface area contributed by atoms with E-state index in [4.69, 9.17) is 27.9 Å². The number of amides is 1. The molecule has 0 bridgehead atoms.